The Bertz CT molecular complexity index is 790. The van der Waals surface area contributed by atoms with Crippen molar-refractivity contribution in [3.05, 3.63) is 40.6 Å². The van der Waals surface area contributed by atoms with Crippen molar-refractivity contribution in [2.45, 2.75) is 64.5 Å². The van der Waals surface area contributed by atoms with Crippen molar-refractivity contribution in [2.75, 3.05) is 13.7 Å². The van der Waals surface area contributed by atoms with Gasteiger partial charge < -0.3 is 19.5 Å². The summed E-state index contributed by atoms with van der Waals surface area (Å²) in [7, 11) is 1.70. The van der Waals surface area contributed by atoms with E-state index in [1.807, 2.05) is 19.1 Å². The maximum Gasteiger partial charge on any atom is 0.513 e. The Morgan fingerprint density at radius 1 is 1.25 bits per heavy atom. The SMILES string of the molecule is CCOC(=O)OC1=C(c2cc(CC)ccc2C)C(=O)NC12CCC(OC)CC2. The fourth-order valence-electron chi connectivity index (χ4n) is 4.13. The molecule has 1 aromatic carbocycles. The summed E-state index contributed by atoms with van der Waals surface area (Å²) in [4.78, 5) is 25.3. The molecule has 0 unspecified atom stereocenters. The normalized spacial score (nSPS) is 24.4. The molecule has 0 saturated heterocycles. The average Bonchev–Trinajstić information content (AvgIpc) is 2.94. The number of rotatable bonds is 5. The van der Waals surface area contributed by atoms with Crippen LogP contribution >= 0.6 is 0 Å². The smallest absolute Gasteiger partial charge is 0.434 e. The van der Waals surface area contributed by atoms with Crippen LogP contribution in [0.3, 0.4) is 0 Å². The number of amides is 1. The van der Waals surface area contributed by atoms with Gasteiger partial charge >= 0.3 is 6.16 Å². The van der Waals surface area contributed by atoms with Gasteiger partial charge in [-0.05, 0) is 62.6 Å². The molecule has 1 aromatic rings. The zero-order valence-electron chi connectivity index (χ0n) is 17.1. The number of benzene rings is 1. The van der Waals surface area contributed by atoms with E-state index in [2.05, 4.69) is 18.3 Å². The second-order valence-electron chi connectivity index (χ2n) is 7.46. The average molecular weight is 387 g/mol. The lowest BCUT2D eigenvalue weighted by molar-refractivity contribution is -0.116. The second-order valence-corrected chi connectivity index (χ2v) is 7.46. The maximum atomic E-state index is 13.1. The number of aryl methyl sites for hydroxylation is 2. The fourth-order valence-corrected chi connectivity index (χ4v) is 4.13. The van der Waals surface area contributed by atoms with Gasteiger partial charge in [0.1, 0.15) is 5.76 Å². The van der Waals surface area contributed by atoms with Crippen molar-refractivity contribution in [3.63, 3.8) is 0 Å². The Morgan fingerprint density at radius 3 is 2.57 bits per heavy atom. The highest BCUT2D eigenvalue weighted by atomic mass is 16.7. The van der Waals surface area contributed by atoms with Crippen LogP contribution in [-0.4, -0.2) is 37.4 Å². The Balaban J connectivity index is 2.09. The molecule has 1 spiro atoms. The predicted octanol–water partition coefficient (Wildman–Crippen LogP) is 3.90. The van der Waals surface area contributed by atoms with Gasteiger partial charge in [-0.25, -0.2) is 4.79 Å². The van der Waals surface area contributed by atoms with Gasteiger partial charge in [0.05, 0.1) is 23.8 Å². The highest BCUT2D eigenvalue weighted by Crippen LogP contribution is 2.44. The molecule has 152 valence electrons. The van der Waals surface area contributed by atoms with Gasteiger partial charge in [-0.1, -0.05) is 25.1 Å². The molecule has 1 aliphatic heterocycles. The minimum absolute atomic E-state index is 0.153. The van der Waals surface area contributed by atoms with Gasteiger partial charge in [0.25, 0.3) is 5.91 Å². The molecular weight excluding hydrogens is 358 g/mol. The largest absolute Gasteiger partial charge is 0.513 e. The van der Waals surface area contributed by atoms with Crippen molar-refractivity contribution < 1.29 is 23.8 Å². The minimum Gasteiger partial charge on any atom is -0.434 e. The summed E-state index contributed by atoms with van der Waals surface area (Å²) >= 11 is 0. The molecule has 6 heteroatoms. The van der Waals surface area contributed by atoms with E-state index in [9.17, 15) is 9.59 Å². The standard InChI is InChI=1S/C22H29NO5/c1-5-15-8-7-14(3)17(13-15)18-19(28-21(25)27-6-2)22(23-20(18)24)11-9-16(26-4)10-12-22/h7-8,13,16H,5-6,9-12H2,1-4H3,(H,23,24). The molecule has 1 fully saturated rings. The molecule has 6 nitrogen and oxygen atoms in total. The summed E-state index contributed by atoms with van der Waals surface area (Å²) in [6.07, 6.45) is 3.12. The van der Waals surface area contributed by atoms with E-state index in [1.54, 1.807) is 14.0 Å². The van der Waals surface area contributed by atoms with E-state index >= 15 is 0 Å². The molecule has 1 amide bonds. The third kappa shape index (κ3) is 3.78. The lowest BCUT2D eigenvalue weighted by atomic mass is 9.79. The summed E-state index contributed by atoms with van der Waals surface area (Å²) in [6.45, 7) is 5.97. The van der Waals surface area contributed by atoms with Gasteiger partial charge in [0, 0.05) is 7.11 Å². The second kappa shape index (κ2) is 8.35. The van der Waals surface area contributed by atoms with Crippen molar-refractivity contribution in [3.8, 4) is 0 Å². The van der Waals surface area contributed by atoms with Crippen LogP contribution in [0.15, 0.2) is 24.0 Å². The number of methoxy groups -OCH3 is 1. The van der Waals surface area contributed by atoms with Crippen LogP contribution in [0.2, 0.25) is 0 Å². The number of carbonyl (C=O) groups is 2. The van der Waals surface area contributed by atoms with Crippen molar-refractivity contribution in [1.29, 1.82) is 0 Å². The molecule has 1 heterocycles. The third-order valence-corrected chi connectivity index (χ3v) is 5.79. The van der Waals surface area contributed by atoms with E-state index in [4.69, 9.17) is 14.2 Å². The summed E-state index contributed by atoms with van der Waals surface area (Å²) in [5.41, 5.74) is 2.65. The first-order chi connectivity index (χ1) is 13.4. The van der Waals surface area contributed by atoms with Gasteiger partial charge in [-0.2, -0.15) is 0 Å². The van der Waals surface area contributed by atoms with Crippen molar-refractivity contribution in [2.24, 2.45) is 0 Å². The van der Waals surface area contributed by atoms with Crippen LogP contribution in [0.1, 0.15) is 56.2 Å². The van der Waals surface area contributed by atoms with Crippen molar-refractivity contribution in [1.82, 2.24) is 5.32 Å². The highest BCUT2D eigenvalue weighted by Gasteiger charge is 2.50. The van der Waals surface area contributed by atoms with Crippen LogP contribution < -0.4 is 5.32 Å². The van der Waals surface area contributed by atoms with Gasteiger partial charge in [0.15, 0.2) is 0 Å². The number of hydrogen-bond acceptors (Lipinski definition) is 5. The third-order valence-electron chi connectivity index (χ3n) is 5.79. The summed E-state index contributed by atoms with van der Waals surface area (Å²) < 4.78 is 16.2. The topological polar surface area (TPSA) is 73.9 Å². The lowest BCUT2D eigenvalue weighted by Crippen LogP contribution is -2.49. The molecule has 1 saturated carbocycles. The van der Waals surface area contributed by atoms with E-state index in [0.29, 0.717) is 24.2 Å². The van der Waals surface area contributed by atoms with Gasteiger partial charge in [0.2, 0.25) is 0 Å². The molecule has 0 atom stereocenters. The van der Waals surface area contributed by atoms with Crippen molar-refractivity contribution >= 4 is 17.6 Å². The van der Waals surface area contributed by atoms with Crippen LogP contribution in [0.25, 0.3) is 5.57 Å². The zero-order chi connectivity index (χ0) is 20.3. The van der Waals surface area contributed by atoms with E-state index in [1.165, 1.54) is 0 Å². The minimum atomic E-state index is -0.774. The van der Waals surface area contributed by atoms with E-state index in [0.717, 1.165) is 36.0 Å². The first kappa shape index (κ1) is 20.4. The maximum absolute atomic E-state index is 13.1. The molecule has 28 heavy (non-hydrogen) atoms. The first-order valence-electron chi connectivity index (χ1n) is 9.98. The number of ether oxygens (including phenoxy) is 3. The molecular formula is C22H29NO5. The lowest BCUT2D eigenvalue weighted by Gasteiger charge is -2.37. The molecule has 0 radical (unpaired) electrons. The Labute approximate surface area is 166 Å². The predicted molar refractivity (Wildman–Crippen MR) is 106 cm³/mol. The van der Waals surface area contributed by atoms with Crippen LogP contribution in [0.4, 0.5) is 4.79 Å². The molecule has 1 aliphatic carbocycles. The quantitative estimate of drug-likeness (QED) is 0.776. The van der Waals surface area contributed by atoms with E-state index < -0.39 is 11.7 Å². The fraction of sp³-hybridized carbons (Fsp3) is 0.545. The van der Waals surface area contributed by atoms with Gasteiger partial charge in [-0.15, -0.1) is 0 Å². The first-order valence-corrected chi connectivity index (χ1v) is 9.98. The number of nitrogens with one attached hydrogen (secondary N) is 1. The Kier molecular flexibility index (Phi) is 6.08. The summed E-state index contributed by atoms with van der Waals surface area (Å²) in [5.74, 6) is 0.188. The van der Waals surface area contributed by atoms with Gasteiger partial charge in [-0.3, -0.25) is 4.79 Å². The summed E-state index contributed by atoms with van der Waals surface area (Å²) in [5, 5.41) is 3.12. The van der Waals surface area contributed by atoms with Crippen LogP contribution in [0, 0.1) is 6.92 Å². The van der Waals surface area contributed by atoms with Crippen LogP contribution in [0.5, 0.6) is 0 Å². The zero-order valence-corrected chi connectivity index (χ0v) is 17.1. The molecule has 0 bridgehead atoms. The molecule has 1 N–H and O–H groups in total. The molecule has 0 aromatic heterocycles. The monoisotopic (exact) mass is 387 g/mol. The van der Waals surface area contributed by atoms with E-state index in [-0.39, 0.29) is 18.6 Å². The number of carbonyl (C=O) groups excluding carboxylic acids is 2. The molecule has 2 aliphatic rings. The molecule has 3 rings (SSSR count). The Hall–Kier alpha value is -2.34. The van der Waals surface area contributed by atoms with Crippen LogP contribution in [-0.2, 0) is 25.4 Å². The summed E-state index contributed by atoms with van der Waals surface area (Å²) in [6, 6.07) is 6.07. The highest BCUT2D eigenvalue weighted by molar-refractivity contribution is 6.23. The number of hydrogen-bond donors (Lipinski definition) is 1. The Morgan fingerprint density at radius 2 is 1.96 bits per heavy atom.